The highest BCUT2D eigenvalue weighted by molar-refractivity contribution is 5.81. The maximum absolute atomic E-state index is 13.9. The average Bonchev–Trinajstić information content (AvgIpc) is 3.16. The molecule has 0 radical (unpaired) electrons. The van der Waals surface area contributed by atoms with Crippen molar-refractivity contribution in [1.29, 1.82) is 0 Å². The average molecular weight is 547 g/mol. The minimum absolute atomic E-state index is 0.0383. The van der Waals surface area contributed by atoms with E-state index in [9.17, 15) is 36.6 Å². The number of imidazole rings is 1. The fourth-order valence-corrected chi connectivity index (χ4v) is 4.91. The first-order chi connectivity index (χ1) is 17.4. The van der Waals surface area contributed by atoms with Crippen molar-refractivity contribution in [1.82, 2.24) is 19.9 Å². The van der Waals surface area contributed by atoms with E-state index in [0.717, 1.165) is 18.3 Å². The Labute approximate surface area is 214 Å². The topological polar surface area (TPSA) is 92.4 Å². The second kappa shape index (κ2) is 9.69. The largest absolute Gasteiger partial charge is 0.492 e. The molecule has 1 aromatic carbocycles. The standard InChI is InChI=1S/C25H28F6N4O3/c1-14-8-23(37,15-4-5-20(32-10-15)25(29,30)31)9-16(34-14)11-38-17-6-18(24(26,27)28)21-19(7-17)33-13-35(21)12-22(2,3)36/h4-7,10,13-14,16,34,36-37H,8-9,11-12H2,1-3H3/t14-,16-,23-/m0/s1. The summed E-state index contributed by atoms with van der Waals surface area (Å²) >= 11 is 0. The van der Waals surface area contributed by atoms with Gasteiger partial charge in [0.25, 0.3) is 0 Å². The predicted octanol–water partition coefficient (Wildman–Crippen LogP) is 4.65. The molecular formula is C25H28F6N4O3. The van der Waals surface area contributed by atoms with Crippen molar-refractivity contribution in [2.75, 3.05) is 6.61 Å². The molecule has 0 saturated carbocycles. The highest BCUT2D eigenvalue weighted by atomic mass is 19.4. The van der Waals surface area contributed by atoms with Crippen molar-refractivity contribution in [2.24, 2.45) is 0 Å². The Morgan fingerprint density at radius 1 is 1.08 bits per heavy atom. The molecule has 13 heteroatoms. The number of fused-ring (bicyclic) bond motifs is 1. The van der Waals surface area contributed by atoms with Crippen LogP contribution >= 0.6 is 0 Å². The summed E-state index contributed by atoms with van der Waals surface area (Å²) in [6.45, 7) is 4.51. The molecule has 7 nitrogen and oxygen atoms in total. The Kier molecular flexibility index (Phi) is 7.17. The third kappa shape index (κ3) is 6.21. The van der Waals surface area contributed by atoms with E-state index in [0.29, 0.717) is 0 Å². The minimum Gasteiger partial charge on any atom is -0.492 e. The highest BCUT2D eigenvalue weighted by Gasteiger charge is 2.41. The van der Waals surface area contributed by atoms with Crippen LogP contribution in [0.3, 0.4) is 0 Å². The Hall–Kier alpha value is -2.90. The maximum Gasteiger partial charge on any atom is 0.433 e. The molecule has 0 spiro atoms. The molecule has 38 heavy (non-hydrogen) atoms. The molecule has 3 aromatic rings. The van der Waals surface area contributed by atoms with E-state index in [2.05, 4.69) is 15.3 Å². The molecule has 1 fully saturated rings. The molecule has 3 N–H and O–H groups in total. The molecule has 4 rings (SSSR count). The third-order valence-corrected chi connectivity index (χ3v) is 6.34. The summed E-state index contributed by atoms with van der Waals surface area (Å²) in [5.74, 6) is -0.0851. The van der Waals surface area contributed by atoms with Gasteiger partial charge in [0, 0.05) is 29.9 Å². The molecule has 0 aliphatic carbocycles. The SMILES string of the molecule is C[C@H]1C[C@@](O)(c2ccc(C(F)(F)F)nc2)C[C@@H](COc2cc(C(F)(F)F)c3c(c2)ncn3CC(C)(C)O)N1. The number of halogens is 6. The van der Waals surface area contributed by atoms with Crippen molar-refractivity contribution in [3.05, 3.63) is 53.6 Å². The van der Waals surface area contributed by atoms with Gasteiger partial charge in [-0.05, 0) is 45.7 Å². The van der Waals surface area contributed by atoms with E-state index in [-0.39, 0.29) is 54.4 Å². The summed E-state index contributed by atoms with van der Waals surface area (Å²) in [4.78, 5) is 7.49. The fourth-order valence-electron chi connectivity index (χ4n) is 4.91. The van der Waals surface area contributed by atoms with Gasteiger partial charge in [-0.2, -0.15) is 26.3 Å². The van der Waals surface area contributed by atoms with Crippen molar-refractivity contribution < 1.29 is 41.3 Å². The first-order valence-electron chi connectivity index (χ1n) is 11.9. The lowest BCUT2D eigenvalue weighted by atomic mass is 9.79. The van der Waals surface area contributed by atoms with Crippen LogP contribution in [0, 0.1) is 0 Å². The number of piperidine rings is 1. The summed E-state index contributed by atoms with van der Waals surface area (Å²) in [7, 11) is 0. The zero-order chi connectivity index (χ0) is 28.1. The van der Waals surface area contributed by atoms with E-state index in [1.165, 1.54) is 36.9 Å². The van der Waals surface area contributed by atoms with E-state index in [4.69, 9.17) is 4.74 Å². The van der Waals surface area contributed by atoms with Crippen molar-refractivity contribution >= 4 is 11.0 Å². The second-order valence-corrected chi connectivity index (χ2v) is 10.5. The van der Waals surface area contributed by atoms with Crippen LogP contribution in [0.1, 0.15) is 50.4 Å². The van der Waals surface area contributed by atoms with Crippen molar-refractivity contribution in [2.45, 2.75) is 75.8 Å². The summed E-state index contributed by atoms with van der Waals surface area (Å²) in [6.07, 6.45) is -6.88. The molecular weight excluding hydrogens is 518 g/mol. The molecule has 1 aliphatic heterocycles. The Morgan fingerprint density at radius 2 is 1.79 bits per heavy atom. The number of aliphatic hydroxyl groups is 2. The van der Waals surface area contributed by atoms with E-state index >= 15 is 0 Å². The molecule has 3 heterocycles. The van der Waals surface area contributed by atoms with Crippen LogP contribution < -0.4 is 10.1 Å². The number of benzene rings is 1. The summed E-state index contributed by atoms with van der Waals surface area (Å²) in [6, 6.07) is 3.42. The number of alkyl halides is 6. The van der Waals surface area contributed by atoms with Crippen LogP contribution in [0.4, 0.5) is 26.3 Å². The van der Waals surface area contributed by atoms with Crippen LogP contribution in [-0.2, 0) is 24.5 Å². The van der Waals surface area contributed by atoms with Gasteiger partial charge in [0.05, 0.1) is 40.7 Å². The highest BCUT2D eigenvalue weighted by Crippen LogP contribution is 2.39. The van der Waals surface area contributed by atoms with Crippen molar-refractivity contribution in [3.8, 4) is 5.75 Å². The summed E-state index contributed by atoms with van der Waals surface area (Å²) in [5, 5.41) is 24.6. The molecule has 1 saturated heterocycles. The predicted molar refractivity (Wildman–Crippen MR) is 125 cm³/mol. The van der Waals surface area contributed by atoms with Gasteiger partial charge in [0.2, 0.25) is 0 Å². The molecule has 208 valence electrons. The molecule has 1 aliphatic rings. The molecule has 0 bridgehead atoms. The van der Waals surface area contributed by atoms with Gasteiger partial charge < -0.3 is 24.8 Å². The van der Waals surface area contributed by atoms with E-state index in [1.807, 2.05) is 0 Å². The van der Waals surface area contributed by atoms with Crippen LogP contribution in [0.15, 0.2) is 36.8 Å². The molecule has 0 amide bonds. The number of rotatable bonds is 6. The third-order valence-electron chi connectivity index (χ3n) is 6.34. The zero-order valence-electron chi connectivity index (χ0n) is 20.9. The van der Waals surface area contributed by atoms with Crippen LogP contribution in [0.2, 0.25) is 0 Å². The van der Waals surface area contributed by atoms with Gasteiger partial charge in [-0.15, -0.1) is 0 Å². The monoisotopic (exact) mass is 546 g/mol. The molecule has 3 atom stereocenters. The number of hydrogen-bond acceptors (Lipinski definition) is 6. The Balaban J connectivity index is 1.55. The molecule has 0 unspecified atom stereocenters. The van der Waals surface area contributed by atoms with Crippen LogP contribution in [0.5, 0.6) is 5.75 Å². The van der Waals surface area contributed by atoms with Gasteiger partial charge in [-0.25, -0.2) is 4.98 Å². The minimum atomic E-state index is -4.72. The lowest BCUT2D eigenvalue weighted by Gasteiger charge is -2.41. The molecule has 2 aromatic heterocycles. The first kappa shape index (κ1) is 28.1. The van der Waals surface area contributed by atoms with Gasteiger partial charge in [-0.3, -0.25) is 4.98 Å². The fraction of sp³-hybridized carbons (Fsp3) is 0.520. The Bertz CT molecular complexity index is 1280. The maximum atomic E-state index is 13.9. The van der Waals surface area contributed by atoms with Gasteiger partial charge in [0.15, 0.2) is 0 Å². The van der Waals surface area contributed by atoms with Gasteiger partial charge in [-0.1, -0.05) is 6.07 Å². The quantitative estimate of drug-likeness (QED) is 0.390. The first-order valence-corrected chi connectivity index (χ1v) is 11.9. The summed E-state index contributed by atoms with van der Waals surface area (Å²) < 4.78 is 87.4. The number of pyridine rings is 1. The summed E-state index contributed by atoms with van der Waals surface area (Å²) in [5.41, 5.74) is -4.75. The number of nitrogens with zero attached hydrogens (tertiary/aromatic N) is 3. The van der Waals surface area contributed by atoms with Crippen molar-refractivity contribution in [3.63, 3.8) is 0 Å². The van der Waals surface area contributed by atoms with E-state index < -0.39 is 40.9 Å². The number of hydrogen-bond donors (Lipinski definition) is 3. The number of aromatic nitrogens is 3. The van der Waals surface area contributed by atoms with Crippen LogP contribution in [-0.4, -0.2) is 49.0 Å². The van der Waals surface area contributed by atoms with Gasteiger partial charge in [0.1, 0.15) is 18.1 Å². The normalized spacial score (nSPS) is 23.1. The van der Waals surface area contributed by atoms with E-state index in [1.54, 1.807) is 6.92 Å². The lowest BCUT2D eigenvalue weighted by molar-refractivity contribution is -0.141. The smallest absolute Gasteiger partial charge is 0.433 e. The van der Waals surface area contributed by atoms with Gasteiger partial charge >= 0.3 is 12.4 Å². The second-order valence-electron chi connectivity index (χ2n) is 10.5. The Morgan fingerprint density at radius 3 is 2.37 bits per heavy atom. The lowest BCUT2D eigenvalue weighted by Crippen LogP contribution is -2.53. The van der Waals surface area contributed by atoms with Crippen LogP contribution in [0.25, 0.3) is 11.0 Å². The number of nitrogens with one attached hydrogen (secondary N) is 1. The number of ether oxygens (including phenoxy) is 1. The zero-order valence-corrected chi connectivity index (χ0v) is 20.9.